The van der Waals surface area contributed by atoms with Crippen molar-refractivity contribution in [1.29, 1.82) is 0 Å². The molecule has 0 unspecified atom stereocenters. The van der Waals surface area contributed by atoms with E-state index >= 15 is 0 Å². The van der Waals surface area contributed by atoms with Gasteiger partial charge < -0.3 is 14.8 Å². The summed E-state index contributed by atoms with van der Waals surface area (Å²) in [6.45, 7) is 0.568. The fourth-order valence-corrected chi connectivity index (χ4v) is 3.00. The first-order valence-corrected chi connectivity index (χ1v) is 8.31. The third kappa shape index (κ3) is 3.09. The lowest BCUT2D eigenvalue weighted by molar-refractivity contribution is -0.120. The molecule has 1 aromatic carbocycles. The summed E-state index contributed by atoms with van der Waals surface area (Å²) in [6, 6.07) is 7.47. The number of aromatic nitrogens is 3. The van der Waals surface area contributed by atoms with Crippen LogP contribution in [0, 0.1) is 0 Å². The van der Waals surface area contributed by atoms with Crippen LogP contribution < -0.4 is 14.8 Å². The van der Waals surface area contributed by atoms with E-state index in [2.05, 4.69) is 15.6 Å². The number of nitrogens with one attached hydrogen (secondary N) is 1. The Morgan fingerprint density at radius 2 is 2.21 bits per heavy atom. The number of hydrogen-bond acceptors (Lipinski definition) is 6. The molecule has 1 amide bonds. The highest BCUT2D eigenvalue weighted by Crippen LogP contribution is 2.32. The maximum absolute atomic E-state index is 12.1. The van der Waals surface area contributed by atoms with Crippen molar-refractivity contribution in [3.8, 4) is 17.2 Å². The first-order valence-electron chi connectivity index (χ1n) is 7.37. The highest BCUT2D eigenvalue weighted by Gasteiger charge is 2.14. The number of amides is 1. The fourth-order valence-electron chi connectivity index (χ4n) is 2.38. The third-order valence-electron chi connectivity index (χ3n) is 3.58. The van der Waals surface area contributed by atoms with Crippen LogP contribution in [0.1, 0.15) is 11.3 Å². The van der Waals surface area contributed by atoms with E-state index in [1.165, 1.54) is 0 Å². The monoisotopic (exact) mass is 342 g/mol. The molecule has 7 nitrogen and oxygen atoms in total. The van der Waals surface area contributed by atoms with Crippen LogP contribution in [-0.4, -0.2) is 27.7 Å². The van der Waals surface area contributed by atoms with Gasteiger partial charge in [0.05, 0.1) is 24.8 Å². The van der Waals surface area contributed by atoms with E-state index in [-0.39, 0.29) is 19.1 Å². The molecule has 0 saturated carbocycles. The van der Waals surface area contributed by atoms with E-state index in [4.69, 9.17) is 9.47 Å². The minimum atomic E-state index is -0.0843. The van der Waals surface area contributed by atoms with E-state index in [0.717, 1.165) is 11.3 Å². The predicted molar refractivity (Wildman–Crippen MR) is 87.4 cm³/mol. The first-order chi connectivity index (χ1) is 11.8. The second kappa shape index (κ2) is 6.32. The van der Waals surface area contributed by atoms with Crippen molar-refractivity contribution >= 4 is 17.2 Å². The van der Waals surface area contributed by atoms with Crippen molar-refractivity contribution in [3.05, 3.63) is 52.5 Å². The van der Waals surface area contributed by atoms with Gasteiger partial charge in [0.25, 0.3) is 0 Å². The molecule has 1 aliphatic heterocycles. The van der Waals surface area contributed by atoms with Crippen LogP contribution in [0.3, 0.4) is 0 Å². The number of carbonyl (C=O) groups is 1. The minimum Gasteiger partial charge on any atom is -0.454 e. The fraction of sp³-hybridized carbons (Fsp3) is 0.188. The molecule has 24 heavy (non-hydrogen) atoms. The molecule has 1 N–H and O–H groups in total. The predicted octanol–water partition coefficient (Wildman–Crippen LogP) is 1.92. The summed E-state index contributed by atoms with van der Waals surface area (Å²) in [7, 11) is 0. The Morgan fingerprint density at radius 3 is 3.08 bits per heavy atom. The van der Waals surface area contributed by atoms with Crippen LogP contribution in [0.15, 0.2) is 41.2 Å². The molecule has 0 saturated heterocycles. The number of nitrogens with zero attached hydrogens (tertiary/aromatic N) is 3. The summed E-state index contributed by atoms with van der Waals surface area (Å²) in [4.78, 5) is 12.1. The van der Waals surface area contributed by atoms with Crippen LogP contribution in [0.25, 0.3) is 5.69 Å². The Morgan fingerprint density at radius 1 is 1.29 bits per heavy atom. The molecule has 3 heterocycles. The van der Waals surface area contributed by atoms with Gasteiger partial charge in [-0.3, -0.25) is 4.79 Å². The Hall–Kier alpha value is -2.87. The number of carbonyl (C=O) groups excluding carboxylic acids is 1. The van der Waals surface area contributed by atoms with E-state index in [1.54, 1.807) is 16.0 Å². The quantitative estimate of drug-likeness (QED) is 0.766. The number of rotatable bonds is 5. The first kappa shape index (κ1) is 14.7. The molecule has 2 aromatic heterocycles. The lowest BCUT2D eigenvalue weighted by Crippen LogP contribution is -2.24. The van der Waals surface area contributed by atoms with Crippen molar-refractivity contribution in [3.63, 3.8) is 0 Å². The second-order valence-electron chi connectivity index (χ2n) is 5.28. The number of benzene rings is 1. The Labute approximate surface area is 141 Å². The molecule has 8 heteroatoms. The van der Waals surface area contributed by atoms with E-state index in [9.17, 15) is 4.79 Å². The maximum Gasteiger partial charge on any atom is 0.231 e. The van der Waals surface area contributed by atoms with Crippen molar-refractivity contribution in [2.75, 3.05) is 6.79 Å². The number of thiophene rings is 1. The molecule has 3 aromatic rings. The average molecular weight is 342 g/mol. The summed E-state index contributed by atoms with van der Waals surface area (Å²) in [5, 5.41) is 14.9. The number of ether oxygens (including phenoxy) is 2. The Bertz CT molecular complexity index is 860. The smallest absolute Gasteiger partial charge is 0.231 e. The SMILES string of the molecule is O=C(Cc1ccc2c(c1)OCO2)NCc1cn(-c2ccsc2)nn1. The van der Waals surface area contributed by atoms with Crippen molar-refractivity contribution < 1.29 is 14.3 Å². The maximum atomic E-state index is 12.1. The van der Waals surface area contributed by atoms with Gasteiger partial charge in [-0.05, 0) is 29.1 Å². The minimum absolute atomic E-state index is 0.0843. The third-order valence-corrected chi connectivity index (χ3v) is 4.25. The van der Waals surface area contributed by atoms with Gasteiger partial charge >= 0.3 is 0 Å². The summed E-state index contributed by atoms with van der Waals surface area (Å²) in [5.41, 5.74) is 2.55. The zero-order valence-corrected chi connectivity index (χ0v) is 13.5. The molecular weight excluding hydrogens is 328 g/mol. The van der Waals surface area contributed by atoms with Crippen LogP contribution in [0.5, 0.6) is 11.5 Å². The summed E-state index contributed by atoms with van der Waals surface area (Å²) >= 11 is 1.59. The van der Waals surface area contributed by atoms with Crippen molar-refractivity contribution in [2.24, 2.45) is 0 Å². The summed E-state index contributed by atoms with van der Waals surface area (Å²) < 4.78 is 12.3. The van der Waals surface area contributed by atoms with Crippen LogP contribution in [0.4, 0.5) is 0 Å². The molecular formula is C16H14N4O3S. The molecule has 122 valence electrons. The molecule has 4 rings (SSSR count). The molecule has 0 radical (unpaired) electrons. The van der Waals surface area contributed by atoms with Gasteiger partial charge in [0.2, 0.25) is 12.7 Å². The molecule has 0 spiro atoms. The zero-order valence-electron chi connectivity index (χ0n) is 12.6. The van der Waals surface area contributed by atoms with E-state index in [0.29, 0.717) is 23.7 Å². The normalized spacial score (nSPS) is 12.3. The number of hydrogen-bond donors (Lipinski definition) is 1. The van der Waals surface area contributed by atoms with Crippen LogP contribution in [0.2, 0.25) is 0 Å². The lowest BCUT2D eigenvalue weighted by atomic mass is 10.1. The van der Waals surface area contributed by atoms with Crippen LogP contribution in [-0.2, 0) is 17.8 Å². The molecule has 0 aliphatic carbocycles. The summed E-state index contributed by atoms with van der Waals surface area (Å²) in [6.07, 6.45) is 2.08. The lowest BCUT2D eigenvalue weighted by Gasteiger charge is -2.04. The van der Waals surface area contributed by atoms with Crippen molar-refractivity contribution in [2.45, 2.75) is 13.0 Å². The van der Waals surface area contributed by atoms with E-state index < -0.39 is 0 Å². The van der Waals surface area contributed by atoms with E-state index in [1.807, 2.05) is 41.2 Å². The summed E-state index contributed by atoms with van der Waals surface area (Å²) in [5.74, 6) is 1.31. The van der Waals surface area contributed by atoms with Crippen molar-refractivity contribution in [1.82, 2.24) is 20.3 Å². The highest BCUT2D eigenvalue weighted by molar-refractivity contribution is 7.08. The van der Waals surface area contributed by atoms with Gasteiger partial charge in [0.1, 0.15) is 5.69 Å². The van der Waals surface area contributed by atoms with Gasteiger partial charge in [0, 0.05) is 5.38 Å². The molecule has 0 fully saturated rings. The second-order valence-corrected chi connectivity index (χ2v) is 6.06. The van der Waals surface area contributed by atoms with Gasteiger partial charge in [-0.1, -0.05) is 11.3 Å². The molecule has 1 aliphatic rings. The Kier molecular flexibility index (Phi) is 3.87. The van der Waals surface area contributed by atoms with Crippen LogP contribution >= 0.6 is 11.3 Å². The topological polar surface area (TPSA) is 78.3 Å². The van der Waals surface area contributed by atoms with Gasteiger partial charge in [-0.25, -0.2) is 4.68 Å². The van der Waals surface area contributed by atoms with Gasteiger partial charge in [0.15, 0.2) is 11.5 Å². The average Bonchev–Trinajstić information content (AvgIpc) is 3.32. The zero-order chi connectivity index (χ0) is 16.4. The highest BCUT2D eigenvalue weighted by atomic mass is 32.1. The Balaban J connectivity index is 1.33. The van der Waals surface area contributed by atoms with Gasteiger partial charge in [-0.15, -0.1) is 5.10 Å². The van der Waals surface area contributed by atoms with Gasteiger partial charge in [-0.2, -0.15) is 11.3 Å². The standard InChI is InChI=1S/C16H14N4O3S/c21-16(6-11-1-2-14-15(5-11)23-10-22-14)17-7-12-8-20(19-18-12)13-3-4-24-9-13/h1-5,8-9H,6-7,10H2,(H,17,21). The number of fused-ring (bicyclic) bond motifs is 1. The largest absolute Gasteiger partial charge is 0.454 e. The molecule has 0 bridgehead atoms. The molecule has 0 atom stereocenters.